The number of rotatable bonds is 3. The van der Waals surface area contributed by atoms with Crippen LogP contribution in [0.3, 0.4) is 0 Å². The van der Waals surface area contributed by atoms with E-state index in [4.69, 9.17) is 0 Å². The van der Waals surface area contributed by atoms with Crippen molar-refractivity contribution in [1.29, 1.82) is 0 Å². The number of nitrogens with one attached hydrogen (secondary N) is 3. The summed E-state index contributed by atoms with van der Waals surface area (Å²) in [5.41, 5.74) is 1.98. The molecule has 0 saturated carbocycles. The van der Waals surface area contributed by atoms with Crippen LogP contribution in [0.5, 0.6) is 0 Å². The Hall–Kier alpha value is -2.30. The van der Waals surface area contributed by atoms with Crippen molar-refractivity contribution in [3.63, 3.8) is 0 Å². The van der Waals surface area contributed by atoms with Gasteiger partial charge in [0.1, 0.15) is 5.92 Å². The first-order chi connectivity index (χ1) is 10.9. The van der Waals surface area contributed by atoms with Crippen molar-refractivity contribution >= 4 is 22.7 Å². The maximum Gasteiger partial charge on any atom is 0.233 e. The molecule has 5 nitrogen and oxygen atoms in total. The lowest BCUT2D eigenvalue weighted by Gasteiger charge is -2.29. The van der Waals surface area contributed by atoms with Crippen LogP contribution in [0.25, 0.3) is 10.9 Å². The monoisotopic (exact) mass is 313 g/mol. The van der Waals surface area contributed by atoms with E-state index in [1.54, 1.807) is 0 Å². The molecular formula is C18H23N3O2. The molecule has 1 aliphatic rings. The Labute approximate surface area is 135 Å². The SMILES string of the molecule is CC(C)(C)[C@H]1CNC(=O)[C@@H]1C(=O)NCc1c[nH]c2ccccc12. The van der Waals surface area contributed by atoms with Crippen LogP contribution in [0.1, 0.15) is 26.3 Å². The fourth-order valence-electron chi connectivity index (χ4n) is 3.30. The van der Waals surface area contributed by atoms with Crippen LogP contribution < -0.4 is 10.6 Å². The van der Waals surface area contributed by atoms with Gasteiger partial charge in [-0.1, -0.05) is 39.0 Å². The number of hydrogen-bond donors (Lipinski definition) is 3. The van der Waals surface area contributed by atoms with Crippen molar-refractivity contribution in [3.05, 3.63) is 36.0 Å². The molecule has 122 valence electrons. The third-order valence-corrected chi connectivity index (χ3v) is 4.70. The quantitative estimate of drug-likeness (QED) is 0.760. The van der Waals surface area contributed by atoms with Gasteiger partial charge in [0.15, 0.2) is 0 Å². The maximum absolute atomic E-state index is 12.6. The Balaban J connectivity index is 1.72. The third kappa shape index (κ3) is 2.96. The highest BCUT2D eigenvalue weighted by molar-refractivity contribution is 6.02. The molecule has 1 saturated heterocycles. The predicted octanol–water partition coefficient (Wildman–Crippen LogP) is 2.19. The zero-order chi connectivity index (χ0) is 16.6. The number of aromatic amines is 1. The first kappa shape index (κ1) is 15.6. The number of hydrogen-bond acceptors (Lipinski definition) is 2. The molecule has 1 aliphatic heterocycles. The number of carbonyl (C=O) groups is 2. The molecule has 3 rings (SSSR count). The Morgan fingerprint density at radius 2 is 2.04 bits per heavy atom. The molecule has 23 heavy (non-hydrogen) atoms. The highest BCUT2D eigenvalue weighted by atomic mass is 16.2. The summed E-state index contributed by atoms with van der Waals surface area (Å²) >= 11 is 0. The van der Waals surface area contributed by atoms with Crippen LogP contribution in [0, 0.1) is 17.3 Å². The summed E-state index contributed by atoms with van der Waals surface area (Å²) < 4.78 is 0. The Kier molecular flexibility index (Phi) is 3.88. The van der Waals surface area contributed by atoms with Gasteiger partial charge in [-0.3, -0.25) is 9.59 Å². The van der Waals surface area contributed by atoms with Crippen LogP contribution >= 0.6 is 0 Å². The molecule has 2 heterocycles. The second-order valence-electron chi connectivity index (χ2n) is 7.27. The minimum absolute atomic E-state index is 0.0120. The van der Waals surface area contributed by atoms with Crippen molar-refractivity contribution in [2.75, 3.05) is 6.54 Å². The van der Waals surface area contributed by atoms with Gasteiger partial charge in [0, 0.05) is 36.1 Å². The highest BCUT2D eigenvalue weighted by Crippen LogP contribution is 2.35. The average Bonchev–Trinajstić information content (AvgIpc) is 3.08. The number of fused-ring (bicyclic) bond motifs is 1. The van der Waals surface area contributed by atoms with Crippen LogP contribution in [0.15, 0.2) is 30.5 Å². The van der Waals surface area contributed by atoms with Gasteiger partial charge in [0.25, 0.3) is 0 Å². The number of aromatic nitrogens is 1. The number of benzene rings is 1. The first-order valence-corrected chi connectivity index (χ1v) is 7.98. The normalized spacial score (nSPS) is 21.4. The van der Waals surface area contributed by atoms with E-state index in [1.807, 2.05) is 30.5 Å². The lowest BCUT2D eigenvalue weighted by molar-refractivity contribution is -0.135. The summed E-state index contributed by atoms with van der Waals surface area (Å²) in [5.74, 6) is -0.954. The molecule has 5 heteroatoms. The summed E-state index contributed by atoms with van der Waals surface area (Å²) in [6.45, 7) is 7.19. The summed E-state index contributed by atoms with van der Waals surface area (Å²) in [7, 11) is 0. The molecule has 0 spiro atoms. The van der Waals surface area contributed by atoms with E-state index in [-0.39, 0.29) is 23.1 Å². The van der Waals surface area contributed by atoms with Crippen molar-refractivity contribution in [2.45, 2.75) is 27.3 Å². The van der Waals surface area contributed by atoms with Gasteiger partial charge < -0.3 is 15.6 Å². The second-order valence-corrected chi connectivity index (χ2v) is 7.27. The minimum atomic E-state index is -0.611. The third-order valence-electron chi connectivity index (χ3n) is 4.70. The van der Waals surface area contributed by atoms with E-state index >= 15 is 0 Å². The minimum Gasteiger partial charge on any atom is -0.361 e. The van der Waals surface area contributed by atoms with Gasteiger partial charge in [-0.25, -0.2) is 0 Å². The van der Waals surface area contributed by atoms with Gasteiger partial charge in [0.2, 0.25) is 11.8 Å². The van der Waals surface area contributed by atoms with Crippen LogP contribution in [-0.4, -0.2) is 23.3 Å². The fourth-order valence-corrected chi connectivity index (χ4v) is 3.30. The summed E-state index contributed by atoms with van der Waals surface area (Å²) in [5, 5.41) is 6.85. The molecule has 0 unspecified atom stereocenters. The van der Waals surface area contributed by atoms with E-state index in [0.29, 0.717) is 13.1 Å². The van der Waals surface area contributed by atoms with Crippen LogP contribution in [0.2, 0.25) is 0 Å². The van der Waals surface area contributed by atoms with Gasteiger partial charge in [-0.05, 0) is 17.0 Å². The molecule has 2 aromatic rings. The van der Waals surface area contributed by atoms with E-state index in [1.165, 1.54) is 0 Å². The molecule has 0 bridgehead atoms. The van der Waals surface area contributed by atoms with Crippen molar-refractivity contribution in [2.24, 2.45) is 17.3 Å². The number of amides is 2. The zero-order valence-electron chi connectivity index (χ0n) is 13.8. The predicted molar refractivity (Wildman–Crippen MR) is 89.6 cm³/mol. The number of para-hydroxylation sites is 1. The summed E-state index contributed by atoms with van der Waals surface area (Å²) in [6.07, 6.45) is 1.90. The molecule has 0 aliphatic carbocycles. The van der Waals surface area contributed by atoms with Gasteiger partial charge >= 0.3 is 0 Å². The van der Waals surface area contributed by atoms with E-state index < -0.39 is 5.92 Å². The van der Waals surface area contributed by atoms with Crippen LogP contribution in [0.4, 0.5) is 0 Å². The van der Waals surface area contributed by atoms with E-state index in [0.717, 1.165) is 16.5 Å². The first-order valence-electron chi connectivity index (χ1n) is 7.98. The van der Waals surface area contributed by atoms with Gasteiger partial charge in [-0.2, -0.15) is 0 Å². The van der Waals surface area contributed by atoms with Crippen molar-refractivity contribution < 1.29 is 9.59 Å². The molecule has 1 aromatic carbocycles. The average molecular weight is 313 g/mol. The lowest BCUT2D eigenvalue weighted by Crippen LogP contribution is -2.40. The lowest BCUT2D eigenvalue weighted by atomic mass is 9.74. The van der Waals surface area contributed by atoms with E-state index in [9.17, 15) is 9.59 Å². The standard InChI is InChI=1S/C18H23N3O2/c1-18(2,3)13-10-21-17(23)15(13)16(22)20-9-11-8-19-14-7-5-4-6-12(11)14/h4-8,13,15,19H,9-10H2,1-3H3,(H,20,22)(H,21,23)/t13-,15-/m0/s1. The Morgan fingerprint density at radius 3 is 2.78 bits per heavy atom. The topological polar surface area (TPSA) is 74.0 Å². The van der Waals surface area contributed by atoms with Crippen molar-refractivity contribution in [1.82, 2.24) is 15.6 Å². The summed E-state index contributed by atoms with van der Waals surface area (Å²) in [4.78, 5) is 27.8. The molecule has 3 N–H and O–H groups in total. The van der Waals surface area contributed by atoms with Gasteiger partial charge in [0.05, 0.1) is 0 Å². The maximum atomic E-state index is 12.6. The number of carbonyl (C=O) groups excluding carboxylic acids is 2. The molecule has 1 aromatic heterocycles. The Bertz CT molecular complexity index is 742. The smallest absolute Gasteiger partial charge is 0.233 e. The van der Waals surface area contributed by atoms with Crippen molar-refractivity contribution in [3.8, 4) is 0 Å². The number of H-pyrrole nitrogens is 1. The Morgan fingerprint density at radius 1 is 1.30 bits per heavy atom. The second kappa shape index (κ2) is 5.72. The molecular weight excluding hydrogens is 290 g/mol. The highest BCUT2D eigenvalue weighted by Gasteiger charge is 2.45. The molecule has 1 fully saturated rings. The molecule has 0 radical (unpaired) electrons. The van der Waals surface area contributed by atoms with Gasteiger partial charge in [-0.15, -0.1) is 0 Å². The largest absolute Gasteiger partial charge is 0.361 e. The molecule has 2 amide bonds. The van der Waals surface area contributed by atoms with E-state index in [2.05, 4.69) is 36.4 Å². The zero-order valence-corrected chi connectivity index (χ0v) is 13.8. The fraction of sp³-hybridized carbons (Fsp3) is 0.444. The van der Waals surface area contributed by atoms with Crippen LogP contribution in [-0.2, 0) is 16.1 Å². The molecule has 2 atom stereocenters. The summed E-state index contributed by atoms with van der Waals surface area (Å²) in [6, 6.07) is 7.97.